The molecule has 146 valence electrons. The number of nitrogens with zero attached hydrogens (tertiary/aromatic N) is 4. The Balaban J connectivity index is 1.36. The molecule has 4 fully saturated rings. The normalized spacial score (nSPS) is 31.4. The largest absolute Gasteiger partial charge is 0.377 e. The lowest BCUT2D eigenvalue weighted by atomic mass is 10.2. The third-order valence-corrected chi connectivity index (χ3v) is 6.02. The molecular weight excluding hydrogens is 372 g/mol. The van der Waals surface area contributed by atoms with E-state index >= 15 is 0 Å². The number of thiocarbonyl (C=S) groups is 2. The topological polar surface area (TPSA) is 55.5 Å². The van der Waals surface area contributed by atoms with E-state index in [-0.39, 0.29) is 0 Å². The molecule has 0 radical (unpaired) electrons. The van der Waals surface area contributed by atoms with E-state index in [1.54, 1.807) is 0 Å². The highest BCUT2D eigenvalue weighted by atomic mass is 32.1. The number of nitrogens with one attached hydrogen (secondary N) is 2. The van der Waals surface area contributed by atoms with Gasteiger partial charge in [0, 0.05) is 26.3 Å². The van der Waals surface area contributed by atoms with Crippen LogP contribution >= 0.6 is 24.4 Å². The first-order valence-electron chi connectivity index (χ1n) is 9.47. The van der Waals surface area contributed by atoms with E-state index in [1.807, 2.05) is 0 Å². The average Bonchev–Trinajstić information content (AvgIpc) is 3.33. The van der Waals surface area contributed by atoms with Crippen molar-refractivity contribution in [2.45, 2.75) is 37.9 Å². The fourth-order valence-corrected chi connectivity index (χ4v) is 4.36. The SMILES string of the molecule is S=C1NCN(C[C@H]2CCCO2)CN1N1CN(C[C@H]2CCCO2)CNC1=S. The maximum Gasteiger partial charge on any atom is 0.190 e. The Hall–Kier alpha value is -0.780. The monoisotopic (exact) mass is 400 g/mol. The van der Waals surface area contributed by atoms with E-state index < -0.39 is 0 Å². The summed E-state index contributed by atoms with van der Waals surface area (Å²) in [6.45, 7) is 6.55. The molecule has 4 aliphatic rings. The van der Waals surface area contributed by atoms with Crippen molar-refractivity contribution in [2.24, 2.45) is 0 Å². The first-order chi connectivity index (χ1) is 12.7. The van der Waals surface area contributed by atoms with Crippen molar-refractivity contribution >= 4 is 34.7 Å². The van der Waals surface area contributed by atoms with Gasteiger partial charge < -0.3 is 20.1 Å². The van der Waals surface area contributed by atoms with Crippen LogP contribution in [0.25, 0.3) is 0 Å². The summed E-state index contributed by atoms with van der Waals surface area (Å²) in [4.78, 5) is 4.65. The summed E-state index contributed by atoms with van der Waals surface area (Å²) in [6, 6.07) is 0. The molecular formula is C16H28N6O2S2. The predicted octanol–water partition coefficient (Wildman–Crippen LogP) is 0.0736. The van der Waals surface area contributed by atoms with Gasteiger partial charge in [0.05, 0.1) is 38.9 Å². The van der Waals surface area contributed by atoms with E-state index in [4.69, 9.17) is 33.9 Å². The van der Waals surface area contributed by atoms with Crippen LogP contribution in [0.1, 0.15) is 25.7 Å². The van der Waals surface area contributed by atoms with Gasteiger partial charge in [-0.05, 0) is 50.1 Å². The Bertz CT molecular complexity index is 481. The lowest BCUT2D eigenvalue weighted by molar-refractivity contribution is -0.0383. The minimum Gasteiger partial charge on any atom is -0.377 e. The van der Waals surface area contributed by atoms with Gasteiger partial charge in [-0.1, -0.05) is 0 Å². The zero-order chi connectivity index (χ0) is 17.9. The molecule has 4 aliphatic heterocycles. The molecule has 0 aromatic rings. The lowest BCUT2D eigenvalue weighted by Gasteiger charge is -2.48. The average molecular weight is 401 g/mol. The molecule has 4 heterocycles. The number of ether oxygens (including phenoxy) is 2. The van der Waals surface area contributed by atoms with Gasteiger partial charge in [0.1, 0.15) is 0 Å². The minimum atomic E-state index is 0.327. The molecule has 4 saturated heterocycles. The summed E-state index contributed by atoms with van der Waals surface area (Å²) in [6.07, 6.45) is 5.25. The van der Waals surface area contributed by atoms with Crippen molar-refractivity contribution in [1.82, 2.24) is 30.5 Å². The van der Waals surface area contributed by atoms with E-state index in [2.05, 4.69) is 30.5 Å². The maximum atomic E-state index is 5.78. The lowest BCUT2D eigenvalue weighted by Crippen LogP contribution is -2.69. The molecule has 10 heteroatoms. The fourth-order valence-electron chi connectivity index (χ4n) is 3.92. The summed E-state index contributed by atoms with van der Waals surface area (Å²) in [5.74, 6) is 0. The number of hydrogen-bond acceptors (Lipinski definition) is 6. The van der Waals surface area contributed by atoms with Gasteiger partial charge in [-0.15, -0.1) is 0 Å². The number of hydrazine groups is 1. The Morgan fingerprint density at radius 3 is 1.65 bits per heavy atom. The molecule has 2 atom stereocenters. The number of rotatable bonds is 5. The molecule has 0 amide bonds. The molecule has 0 aromatic heterocycles. The Morgan fingerprint density at radius 1 is 0.808 bits per heavy atom. The van der Waals surface area contributed by atoms with E-state index in [0.29, 0.717) is 12.2 Å². The summed E-state index contributed by atoms with van der Waals surface area (Å²) in [5, 5.41) is 12.2. The second-order valence-corrected chi connectivity index (χ2v) is 8.11. The molecule has 0 aliphatic carbocycles. The van der Waals surface area contributed by atoms with Gasteiger partial charge in [0.25, 0.3) is 0 Å². The van der Waals surface area contributed by atoms with Crippen LogP contribution in [0.15, 0.2) is 0 Å². The first kappa shape index (κ1) is 18.6. The Labute approximate surface area is 165 Å². The van der Waals surface area contributed by atoms with Crippen LogP contribution in [-0.4, -0.2) is 95.2 Å². The zero-order valence-corrected chi connectivity index (χ0v) is 16.7. The second kappa shape index (κ2) is 8.49. The van der Waals surface area contributed by atoms with Crippen LogP contribution < -0.4 is 10.6 Å². The highest BCUT2D eigenvalue weighted by Crippen LogP contribution is 2.18. The van der Waals surface area contributed by atoms with Gasteiger partial charge in [0.2, 0.25) is 0 Å². The summed E-state index contributed by atoms with van der Waals surface area (Å²) in [5.41, 5.74) is 0. The first-order valence-corrected chi connectivity index (χ1v) is 10.3. The van der Waals surface area contributed by atoms with Gasteiger partial charge >= 0.3 is 0 Å². The van der Waals surface area contributed by atoms with Crippen LogP contribution in [-0.2, 0) is 9.47 Å². The van der Waals surface area contributed by atoms with Gasteiger partial charge in [-0.25, -0.2) is 10.0 Å². The molecule has 0 aromatic carbocycles. The van der Waals surface area contributed by atoms with Crippen LogP contribution in [0.2, 0.25) is 0 Å². The van der Waals surface area contributed by atoms with E-state index in [1.165, 1.54) is 0 Å². The molecule has 0 bridgehead atoms. The third kappa shape index (κ3) is 4.37. The predicted molar refractivity (Wildman–Crippen MR) is 106 cm³/mol. The van der Waals surface area contributed by atoms with E-state index in [0.717, 1.165) is 88.9 Å². The molecule has 2 N–H and O–H groups in total. The highest BCUT2D eigenvalue weighted by Gasteiger charge is 2.33. The van der Waals surface area contributed by atoms with Crippen molar-refractivity contribution in [1.29, 1.82) is 0 Å². The molecule has 8 nitrogen and oxygen atoms in total. The smallest absolute Gasteiger partial charge is 0.190 e. The van der Waals surface area contributed by atoms with Crippen molar-refractivity contribution in [3.8, 4) is 0 Å². The Kier molecular flexibility index (Phi) is 6.07. The molecule has 0 unspecified atom stereocenters. The van der Waals surface area contributed by atoms with Gasteiger partial charge in [-0.3, -0.25) is 9.80 Å². The van der Waals surface area contributed by atoms with Crippen LogP contribution in [0.3, 0.4) is 0 Å². The molecule has 0 saturated carbocycles. The molecule has 4 rings (SSSR count). The maximum absolute atomic E-state index is 5.78. The van der Waals surface area contributed by atoms with Crippen LogP contribution in [0, 0.1) is 0 Å². The Morgan fingerprint density at radius 2 is 1.27 bits per heavy atom. The molecule has 26 heavy (non-hydrogen) atoms. The van der Waals surface area contributed by atoms with Crippen molar-refractivity contribution in [3.63, 3.8) is 0 Å². The van der Waals surface area contributed by atoms with Crippen molar-refractivity contribution in [3.05, 3.63) is 0 Å². The van der Waals surface area contributed by atoms with Crippen LogP contribution in [0.4, 0.5) is 0 Å². The minimum absolute atomic E-state index is 0.327. The van der Waals surface area contributed by atoms with Gasteiger partial charge in [0.15, 0.2) is 10.2 Å². The van der Waals surface area contributed by atoms with Crippen molar-refractivity contribution in [2.75, 3.05) is 53.0 Å². The van der Waals surface area contributed by atoms with E-state index in [9.17, 15) is 0 Å². The number of hydrogen-bond donors (Lipinski definition) is 2. The fraction of sp³-hybridized carbons (Fsp3) is 0.875. The summed E-state index contributed by atoms with van der Waals surface area (Å²) in [7, 11) is 0. The summed E-state index contributed by atoms with van der Waals surface area (Å²) >= 11 is 11.1. The van der Waals surface area contributed by atoms with Crippen molar-refractivity contribution < 1.29 is 9.47 Å². The summed E-state index contributed by atoms with van der Waals surface area (Å²) < 4.78 is 11.6. The highest BCUT2D eigenvalue weighted by molar-refractivity contribution is 7.80. The molecule has 0 spiro atoms. The zero-order valence-electron chi connectivity index (χ0n) is 15.1. The quantitative estimate of drug-likeness (QED) is 0.620. The third-order valence-electron chi connectivity index (χ3n) is 5.31. The second-order valence-electron chi connectivity index (χ2n) is 7.34. The van der Waals surface area contributed by atoms with Gasteiger partial charge in [-0.2, -0.15) is 0 Å². The standard InChI is InChI=1S/C16H28N6O2S2/c25-15-17-9-19(7-13-3-1-5-23-13)11-21(15)22-12-20(10-18-16(22)26)8-14-4-2-6-24-14/h13-14H,1-12H2,(H,17,25)(H,18,26)/t13-,14-/m1/s1. The van der Waals surface area contributed by atoms with Crippen LogP contribution in [0.5, 0.6) is 0 Å².